The topological polar surface area (TPSA) is 88.8 Å². The molecule has 0 radical (unpaired) electrons. The number of aromatic nitrogens is 3. The Balaban J connectivity index is 1.29. The Morgan fingerprint density at radius 2 is 1.76 bits per heavy atom. The van der Waals surface area contributed by atoms with Crippen molar-refractivity contribution in [2.75, 3.05) is 56.7 Å². The zero-order valence-corrected chi connectivity index (χ0v) is 19.4. The lowest BCUT2D eigenvalue weighted by molar-refractivity contribution is 0.233. The number of hydrogen-bond donors (Lipinski definition) is 1. The molecule has 1 spiro atoms. The molecule has 5 rings (SSSR count). The molecule has 174 valence electrons. The van der Waals surface area contributed by atoms with Crippen LogP contribution in [0, 0.1) is 6.92 Å². The molecule has 0 aliphatic carbocycles. The van der Waals surface area contributed by atoms with Crippen molar-refractivity contribution >= 4 is 11.7 Å². The van der Waals surface area contributed by atoms with Crippen LogP contribution in [-0.4, -0.2) is 67.6 Å². The summed E-state index contributed by atoms with van der Waals surface area (Å²) < 4.78 is 16.4. The SMILES string of the molecule is COc1cc(OC)cc(-c2noc(N3CCNC4(CCN(c5ccnc(C)c5)CC4)C3)n2)c1. The van der Waals surface area contributed by atoms with Crippen LogP contribution in [0.3, 0.4) is 0 Å². The number of rotatable bonds is 5. The number of pyridine rings is 1. The number of methoxy groups -OCH3 is 2. The Bertz CT molecular complexity index is 1090. The Hall–Kier alpha value is -3.33. The number of benzene rings is 1. The molecule has 2 saturated heterocycles. The second-order valence-corrected chi connectivity index (χ2v) is 8.77. The molecule has 1 aromatic carbocycles. The van der Waals surface area contributed by atoms with Crippen LogP contribution in [0.15, 0.2) is 41.1 Å². The highest BCUT2D eigenvalue weighted by Gasteiger charge is 2.39. The van der Waals surface area contributed by atoms with Crippen LogP contribution in [0.1, 0.15) is 18.5 Å². The maximum absolute atomic E-state index is 5.68. The molecule has 2 aliphatic heterocycles. The van der Waals surface area contributed by atoms with Gasteiger partial charge in [-0.1, -0.05) is 5.16 Å². The molecule has 4 heterocycles. The van der Waals surface area contributed by atoms with Gasteiger partial charge in [0.05, 0.1) is 14.2 Å². The fourth-order valence-corrected chi connectivity index (χ4v) is 4.77. The van der Waals surface area contributed by atoms with Crippen LogP contribution in [0.2, 0.25) is 0 Å². The minimum Gasteiger partial charge on any atom is -0.497 e. The highest BCUT2D eigenvalue weighted by molar-refractivity contribution is 5.61. The van der Waals surface area contributed by atoms with Crippen molar-refractivity contribution in [1.29, 1.82) is 0 Å². The molecule has 33 heavy (non-hydrogen) atoms. The third kappa shape index (κ3) is 4.45. The van der Waals surface area contributed by atoms with Gasteiger partial charge < -0.3 is 29.1 Å². The molecule has 2 fully saturated rings. The van der Waals surface area contributed by atoms with Gasteiger partial charge in [0.25, 0.3) is 0 Å². The molecule has 0 unspecified atom stereocenters. The first kappa shape index (κ1) is 21.5. The lowest BCUT2D eigenvalue weighted by Gasteiger charge is -2.48. The van der Waals surface area contributed by atoms with E-state index >= 15 is 0 Å². The van der Waals surface area contributed by atoms with Crippen LogP contribution < -0.4 is 24.6 Å². The van der Waals surface area contributed by atoms with Gasteiger partial charge in [-0.15, -0.1) is 0 Å². The van der Waals surface area contributed by atoms with Crippen LogP contribution in [0.5, 0.6) is 11.5 Å². The normalized spacial score (nSPS) is 17.9. The van der Waals surface area contributed by atoms with Gasteiger partial charge >= 0.3 is 6.01 Å². The van der Waals surface area contributed by atoms with Gasteiger partial charge in [-0.3, -0.25) is 4.98 Å². The Labute approximate surface area is 193 Å². The Kier molecular flexibility index (Phi) is 5.80. The molecule has 0 saturated carbocycles. The van der Waals surface area contributed by atoms with Crippen molar-refractivity contribution in [3.8, 4) is 22.9 Å². The van der Waals surface area contributed by atoms with Crippen LogP contribution in [0.4, 0.5) is 11.7 Å². The van der Waals surface area contributed by atoms with E-state index in [2.05, 4.69) is 37.4 Å². The van der Waals surface area contributed by atoms with E-state index in [-0.39, 0.29) is 5.54 Å². The van der Waals surface area contributed by atoms with Crippen LogP contribution in [-0.2, 0) is 0 Å². The monoisotopic (exact) mass is 450 g/mol. The maximum Gasteiger partial charge on any atom is 0.324 e. The van der Waals surface area contributed by atoms with E-state index in [0.29, 0.717) is 23.3 Å². The lowest BCUT2D eigenvalue weighted by atomic mass is 9.85. The molecule has 2 aliphatic rings. The highest BCUT2D eigenvalue weighted by atomic mass is 16.5. The van der Waals surface area contributed by atoms with Crippen molar-refractivity contribution < 1.29 is 14.0 Å². The van der Waals surface area contributed by atoms with Crippen molar-refractivity contribution in [2.45, 2.75) is 25.3 Å². The van der Waals surface area contributed by atoms with E-state index in [0.717, 1.165) is 56.8 Å². The quantitative estimate of drug-likeness (QED) is 0.630. The van der Waals surface area contributed by atoms with Gasteiger partial charge in [0.15, 0.2) is 0 Å². The second-order valence-electron chi connectivity index (χ2n) is 8.77. The predicted molar refractivity (Wildman–Crippen MR) is 126 cm³/mol. The van der Waals surface area contributed by atoms with E-state index in [4.69, 9.17) is 19.0 Å². The average molecular weight is 451 g/mol. The molecule has 3 aromatic rings. The summed E-state index contributed by atoms with van der Waals surface area (Å²) >= 11 is 0. The summed E-state index contributed by atoms with van der Waals surface area (Å²) in [5.41, 5.74) is 3.15. The van der Waals surface area contributed by atoms with Crippen LogP contribution >= 0.6 is 0 Å². The minimum absolute atomic E-state index is 0.0463. The molecule has 2 aromatic heterocycles. The highest BCUT2D eigenvalue weighted by Crippen LogP contribution is 2.32. The summed E-state index contributed by atoms with van der Waals surface area (Å²) in [6.07, 6.45) is 4.00. The standard InChI is InChI=1S/C24H30N6O3/c1-17-12-19(4-7-25-17)29-9-5-24(6-10-29)16-30(11-8-26-24)23-27-22(28-33-23)18-13-20(31-2)15-21(14-18)32-3/h4,7,12-15,26H,5-6,8-11,16H2,1-3H3. The van der Waals surface area contributed by atoms with E-state index < -0.39 is 0 Å². The zero-order valence-electron chi connectivity index (χ0n) is 19.4. The summed E-state index contributed by atoms with van der Waals surface area (Å²) in [4.78, 5) is 13.7. The van der Waals surface area contributed by atoms with E-state index in [1.165, 1.54) is 5.69 Å². The summed E-state index contributed by atoms with van der Waals surface area (Å²) in [6.45, 7) is 6.61. The number of aryl methyl sites for hydroxylation is 1. The molecule has 0 atom stereocenters. The third-order valence-corrected chi connectivity index (χ3v) is 6.64. The number of ether oxygens (including phenoxy) is 2. The number of hydrogen-bond acceptors (Lipinski definition) is 9. The number of nitrogens with zero attached hydrogens (tertiary/aromatic N) is 5. The summed E-state index contributed by atoms with van der Waals surface area (Å²) in [5, 5.41) is 8.02. The van der Waals surface area contributed by atoms with Gasteiger partial charge in [0, 0.05) is 67.5 Å². The molecule has 1 N–H and O–H groups in total. The van der Waals surface area contributed by atoms with Crippen LogP contribution in [0.25, 0.3) is 11.4 Å². The number of nitrogens with one attached hydrogen (secondary N) is 1. The third-order valence-electron chi connectivity index (χ3n) is 6.64. The largest absolute Gasteiger partial charge is 0.497 e. The van der Waals surface area contributed by atoms with Crippen molar-refractivity contribution in [3.05, 3.63) is 42.2 Å². The van der Waals surface area contributed by atoms with Gasteiger partial charge in [0.1, 0.15) is 11.5 Å². The van der Waals surface area contributed by atoms with E-state index in [1.54, 1.807) is 14.2 Å². The lowest BCUT2D eigenvalue weighted by Crippen LogP contribution is -2.64. The van der Waals surface area contributed by atoms with Gasteiger partial charge in [0.2, 0.25) is 5.82 Å². The smallest absolute Gasteiger partial charge is 0.324 e. The fraction of sp³-hybridized carbons (Fsp3) is 0.458. The Morgan fingerprint density at radius 3 is 2.45 bits per heavy atom. The zero-order chi connectivity index (χ0) is 22.8. The first-order valence-electron chi connectivity index (χ1n) is 11.3. The fourth-order valence-electron chi connectivity index (χ4n) is 4.77. The van der Waals surface area contributed by atoms with Crippen molar-refractivity contribution in [1.82, 2.24) is 20.4 Å². The average Bonchev–Trinajstić information content (AvgIpc) is 3.35. The van der Waals surface area contributed by atoms with E-state index in [1.807, 2.05) is 31.3 Å². The summed E-state index contributed by atoms with van der Waals surface area (Å²) in [6, 6.07) is 10.4. The first-order chi connectivity index (χ1) is 16.1. The molecule has 0 bridgehead atoms. The van der Waals surface area contributed by atoms with Gasteiger partial charge in [-0.25, -0.2) is 0 Å². The first-order valence-corrected chi connectivity index (χ1v) is 11.3. The van der Waals surface area contributed by atoms with Gasteiger partial charge in [-0.2, -0.15) is 4.98 Å². The molecule has 9 heteroatoms. The molecule has 9 nitrogen and oxygen atoms in total. The second kappa shape index (κ2) is 8.90. The number of anilines is 2. The van der Waals surface area contributed by atoms with E-state index in [9.17, 15) is 0 Å². The summed E-state index contributed by atoms with van der Waals surface area (Å²) in [7, 11) is 3.25. The van der Waals surface area contributed by atoms with Crippen molar-refractivity contribution in [2.24, 2.45) is 0 Å². The number of piperazine rings is 1. The summed E-state index contributed by atoms with van der Waals surface area (Å²) in [5.74, 6) is 1.90. The predicted octanol–water partition coefficient (Wildman–Crippen LogP) is 2.91. The molecular formula is C24H30N6O3. The Morgan fingerprint density at radius 1 is 1.00 bits per heavy atom. The molecular weight excluding hydrogens is 420 g/mol. The minimum atomic E-state index is 0.0463. The number of piperidine rings is 1. The van der Waals surface area contributed by atoms with Gasteiger partial charge in [-0.05, 0) is 44.0 Å². The maximum atomic E-state index is 5.68. The molecule has 0 amide bonds. The van der Waals surface area contributed by atoms with Crippen molar-refractivity contribution in [3.63, 3.8) is 0 Å².